The first-order valence-corrected chi connectivity index (χ1v) is 7.93. The van der Waals surface area contributed by atoms with Crippen LogP contribution in [0.1, 0.15) is 77.0 Å². The van der Waals surface area contributed by atoms with Gasteiger partial charge in [-0.2, -0.15) is 0 Å². The Morgan fingerprint density at radius 3 is 1.88 bits per heavy atom. The van der Waals surface area contributed by atoms with E-state index in [1.807, 2.05) is 0 Å². The highest BCUT2D eigenvalue weighted by Crippen LogP contribution is 2.20. The topological polar surface area (TPSA) is 12.0 Å². The molecule has 1 rings (SSSR count). The van der Waals surface area contributed by atoms with E-state index in [-0.39, 0.29) is 0 Å². The Kier molecular flexibility index (Phi) is 9.78. The lowest BCUT2D eigenvalue weighted by atomic mass is 9.92. The molecule has 1 nitrogen and oxygen atoms in total. The van der Waals surface area contributed by atoms with Crippen molar-refractivity contribution in [3.63, 3.8) is 0 Å². The SMILES string of the molecule is [CH2]CCCCCCCCCCC1CCNCC1. The van der Waals surface area contributed by atoms with E-state index in [9.17, 15) is 0 Å². The Morgan fingerprint density at radius 1 is 0.765 bits per heavy atom. The van der Waals surface area contributed by atoms with Gasteiger partial charge in [-0.1, -0.05) is 71.1 Å². The molecule has 17 heavy (non-hydrogen) atoms. The Hall–Kier alpha value is -0.0400. The minimum absolute atomic E-state index is 1.04. The van der Waals surface area contributed by atoms with Gasteiger partial charge in [-0.05, 0) is 31.8 Å². The van der Waals surface area contributed by atoms with Crippen LogP contribution in [0.15, 0.2) is 0 Å². The molecule has 0 spiro atoms. The Labute approximate surface area is 109 Å². The largest absolute Gasteiger partial charge is 0.317 e. The van der Waals surface area contributed by atoms with Crippen LogP contribution in [0.3, 0.4) is 0 Å². The normalized spacial score (nSPS) is 17.5. The first kappa shape index (κ1) is 15.0. The van der Waals surface area contributed by atoms with Crippen molar-refractivity contribution >= 4 is 0 Å². The molecule has 101 valence electrons. The van der Waals surface area contributed by atoms with E-state index in [0.717, 1.165) is 12.3 Å². The van der Waals surface area contributed by atoms with Crippen molar-refractivity contribution in [2.75, 3.05) is 13.1 Å². The average Bonchev–Trinajstić information content (AvgIpc) is 2.38. The van der Waals surface area contributed by atoms with Crippen LogP contribution in [0.5, 0.6) is 0 Å². The molecule has 1 aliphatic rings. The number of piperidine rings is 1. The second-order valence-electron chi connectivity index (χ2n) is 5.66. The Balaban J connectivity index is 1.75. The first-order valence-electron chi connectivity index (χ1n) is 7.93. The summed E-state index contributed by atoms with van der Waals surface area (Å²) in [5.41, 5.74) is 0. The van der Waals surface area contributed by atoms with E-state index in [1.54, 1.807) is 0 Å². The highest BCUT2D eigenvalue weighted by molar-refractivity contribution is 4.68. The molecule has 1 heteroatoms. The Morgan fingerprint density at radius 2 is 1.29 bits per heavy atom. The zero-order valence-corrected chi connectivity index (χ0v) is 11.7. The van der Waals surface area contributed by atoms with Gasteiger partial charge < -0.3 is 5.32 Å². The molecule has 0 aromatic rings. The summed E-state index contributed by atoms with van der Waals surface area (Å²) in [5.74, 6) is 1.04. The van der Waals surface area contributed by atoms with E-state index in [0.29, 0.717) is 0 Å². The molecule has 1 fully saturated rings. The van der Waals surface area contributed by atoms with Crippen molar-refractivity contribution in [3.05, 3.63) is 6.92 Å². The van der Waals surface area contributed by atoms with Gasteiger partial charge in [-0.3, -0.25) is 0 Å². The summed E-state index contributed by atoms with van der Waals surface area (Å²) in [5, 5.41) is 3.45. The molecule has 0 aromatic carbocycles. The maximum absolute atomic E-state index is 3.88. The third-order valence-electron chi connectivity index (χ3n) is 4.07. The van der Waals surface area contributed by atoms with Gasteiger partial charge in [-0.15, -0.1) is 0 Å². The molecule has 0 unspecified atom stereocenters. The predicted molar refractivity (Wildman–Crippen MR) is 77.1 cm³/mol. The smallest absolute Gasteiger partial charge is 0.00463 e. The molecule has 0 aliphatic carbocycles. The molecule has 0 saturated carbocycles. The molecule has 1 N–H and O–H groups in total. The van der Waals surface area contributed by atoms with Crippen molar-refractivity contribution < 1.29 is 0 Å². The lowest BCUT2D eigenvalue weighted by Crippen LogP contribution is -2.27. The van der Waals surface area contributed by atoms with Crippen LogP contribution in [0, 0.1) is 12.8 Å². The number of unbranched alkanes of at least 4 members (excludes halogenated alkanes) is 8. The second-order valence-corrected chi connectivity index (χ2v) is 5.66. The maximum atomic E-state index is 3.88. The number of hydrogen-bond donors (Lipinski definition) is 1. The van der Waals surface area contributed by atoms with Gasteiger partial charge in [0.25, 0.3) is 0 Å². The lowest BCUT2D eigenvalue weighted by molar-refractivity contribution is 0.342. The maximum Gasteiger partial charge on any atom is -0.00463 e. The van der Waals surface area contributed by atoms with Crippen LogP contribution >= 0.6 is 0 Å². The van der Waals surface area contributed by atoms with E-state index in [2.05, 4.69) is 12.2 Å². The van der Waals surface area contributed by atoms with Crippen molar-refractivity contribution in [2.45, 2.75) is 77.0 Å². The fraction of sp³-hybridized carbons (Fsp3) is 0.938. The van der Waals surface area contributed by atoms with Gasteiger partial charge >= 0.3 is 0 Å². The molecule has 1 aliphatic heterocycles. The minimum Gasteiger partial charge on any atom is -0.317 e. The monoisotopic (exact) mass is 238 g/mol. The van der Waals surface area contributed by atoms with Gasteiger partial charge in [0.1, 0.15) is 0 Å². The molecule has 1 heterocycles. The zero-order valence-electron chi connectivity index (χ0n) is 11.7. The van der Waals surface area contributed by atoms with Crippen molar-refractivity contribution in [3.8, 4) is 0 Å². The third kappa shape index (κ3) is 8.65. The summed E-state index contributed by atoms with van der Waals surface area (Å²) in [6.07, 6.45) is 16.9. The summed E-state index contributed by atoms with van der Waals surface area (Å²) >= 11 is 0. The highest BCUT2D eigenvalue weighted by atomic mass is 14.9. The van der Waals surface area contributed by atoms with Gasteiger partial charge in [-0.25, -0.2) is 0 Å². The molecular formula is C16H32N. The lowest BCUT2D eigenvalue weighted by Gasteiger charge is -2.22. The summed E-state index contributed by atoms with van der Waals surface area (Å²) in [6, 6.07) is 0. The van der Waals surface area contributed by atoms with Crippen LogP contribution in [-0.4, -0.2) is 13.1 Å². The van der Waals surface area contributed by atoms with Gasteiger partial charge in [0, 0.05) is 0 Å². The number of nitrogens with one attached hydrogen (secondary N) is 1. The third-order valence-corrected chi connectivity index (χ3v) is 4.07. The van der Waals surface area contributed by atoms with Crippen molar-refractivity contribution in [2.24, 2.45) is 5.92 Å². The molecular weight excluding hydrogens is 206 g/mol. The van der Waals surface area contributed by atoms with Gasteiger partial charge in [0.2, 0.25) is 0 Å². The average molecular weight is 238 g/mol. The van der Waals surface area contributed by atoms with E-state index in [4.69, 9.17) is 0 Å². The van der Waals surface area contributed by atoms with Crippen LogP contribution < -0.4 is 5.32 Å². The van der Waals surface area contributed by atoms with E-state index < -0.39 is 0 Å². The summed E-state index contributed by atoms with van der Waals surface area (Å²) in [4.78, 5) is 0. The number of hydrogen-bond acceptors (Lipinski definition) is 1. The van der Waals surface area contributed by atoms with Crippen LogP contribution in [0.4, 0.5) is 0 Å². The number of rotatable bonds is 10. The highest BCUT2D eigenvalue weighted by Gasteiger charge is 2.11. The molecule has 0 aromatic heterocycles. The van der Waals surface area contributed by atoms with E-state index >= 15 is 0 Å². The second kappa shape index (κ2) is 11.1. The fourth-order valence-corrected chi connectivity index (χ4v) is 2.84. The van der Waals surface area contributed by atoms with Crippen molar-refractivity contribution in [1.29, 1.82) is 0 Å². The molecule has 0 amide bonds. The quantitative estimate of drug-likeness (QED) is 0.543. The zero-order chi connectivity index (χ0) is 12.2. The molecule has 0 bridgehead atoms. The van der Waals surface area contributed by atoms with Gasteiger partial charge in [0.15, 0.2) is 0 Å². The van der Waals surface area contributed by atoms with E-state index in [1.165, 1.54) is 83.7 Å². The fourth-order valence-electron chi connectivity index (χ4n) is 2.84. The summed E-state index contributed by atoms with van der Waals surface area (Å²) < 4.78 is 0. The first-order chi connectivity index (χ1) is 8.43. The van der Waals surface area contributed by atoms with Crippen LogP contribution in [0.25, 0.3) is 0 Å². The van der Waals surface area contributed by atoms with Gasteiger partial charge in [0.05, 0.1) is 0 Å². The molecule has 1 radical (unpaired) electrons. The molecule has 1 saturated heterocycles. The summed E-state index contributed by atoms with van der Waals surface area (Å²) in [7, 11) is 0. The van der Waals surface area contributed by atoms with Crippen LogP contribution in [0.2, 0.25) is 0 Å². The minimum atomic E-state index is 1.04. The standard InChI is InChI=1S/C16H32N/c1-2-3-4-5-6-7-8-9-10-11-16-12-14-17-15-13-16/h16-17H,1-15H2. The summed E-state index contributed by atoms with van der Waals surface area (Å²) in [6.45, 7) is 6.41. The molecule has 0 atom stereocenters. The predicted octanol–water partition coefficient (Wildman–Crippen LogP) is 4.72. The Bertz CT molecular complexity index is 150. The van der Waals surface area contributed by atoms with Crippen molar-refractivity contribution in [1.82, 2.24) is 5.32 Å². The van der Waals surface area contributed by atoms with Crippen LogP contribution in [-0.2, 0) is 0 Å².